The number of aliphatic hydroxyl groups excluding tert-OH is 2. The zero-order valence-electron chi connectivity index (χ0n) is 16.3. The van der Waals surface area contributed by atoms with Crippen LogP contribution in [-0.4, -0.2) is 84.9 Å². The smallest absolute Gasteiger partial charge is 0.350 e. The molecular weight excluding hydrogens is 441 g/mol. The summed E-state index contributed by atoms with van der Waals surface area (Å²) in [5.74, 6) is 0.568. The fraction of sp³-hybridized carbons (Fsp3) is 0.688. The zero-order valence-corrected chi connectivity index (χ0v) is 18.0. The van der Waals surface area contributed by atoms with Gasteiger partial charge in [0.05, 0.1) is 12.9 Å². The standard InChI is InChI=1S/C16H25ClN5O7P/c1-28-10(7-29-9-30(25,26)27)12(23)15(24)22-8-18-11-13(19-16(17)20-14(11)22)21-5-3-2-4-6-21/h8,10,12,15,23-24H,2-7,9H2,1H3,(H2,25,26,27)/t10-,12-,15-/m1/s1. The number of methoxy groups -OCH3 is 1. The number of fused-ring (bicyclic) bond motifs is 1. The molecule has 1 saturated heterocycles. The second-order valence-electron chi connectivity index (χ2n) is 7.03. The molecular formula is C16H25ClN5O7P. The number of ether oxygens (including phenoxy) is 2. The maximum absolute atomic E-state index is 10.9. The second-order valence-corrected chi connectivity index (χ2v) is 8.96. The quantitative estimate of drug-likeness (QED) is 0.301. The topological polar surface area (TPSA) is 163 Å². The Kier molecular flexibility index (Phi) is 7.64. The van der Waals surface area contributed by atoms with Gasteiger partial charge in [0.25, 0.3) is 0 Å². The van der Waals surface area contributed by atoms with Crippen molar-refractivity contribution >= 4 is 36.2 Å². The SMILES string of the molecule is CO[C@H](COCP(=O)(O)O)[C@@H](O)[C@@H](O)n1cnc2c(N3CCCCC3)nc(Cl)nc21. The maximum atomic E-state index is 10.9. The van der Waals surface area contributed by atoms with E-state index in [2.05, 4.69) is 19.9 Å². The summed E-state index contributed by atoms with van der Waals surface area (Å²) in [4.78, 5) is 32.6. The van der Waals surface area contributed by atoms with E-state index in [9.17, 15) is 14.8 Å². The molecule has 2 aromatic rings. The highest BCUT2D eigenvalue weighted by molar-refractivity contribution is 7.51. The molecule has 1 fully saturated rings. The van der Waals surface area contributed by atoms with Gasteiger partial charge in [-0.1, -0.05) is 0 Å². The number of rotatable bonds is 9. The van der Waals surface area contributed by atoms with E-state index in [4.69, 9.17) is 30.9 Å². The first kappa shape index (κ1) is 23.3. The number of hydrogen-bond acceptors (Lipinski definition) is 9. The molecule has 0 spiro atoms. The maximum Gasteiger partial charge on any atom is 0.350 e. The number of piperidine rings is 1. The third kappa shape index (κ3) is 5.45. The minimum atomic E-state index is -4.37. The highest BCUT2D eigenvalue weighted by Gasteiger charge is 2.31. The molecule has 0 saturated carbocycles. The van der Waals surface area contributed by atoms with E-state index in [-0.39, 0.29) is 17.5 Å². The molecule has 0 aromatic carbocycles. The van der Waals surface area contributed by atoms with Crippen molar-refractivity contribution in [3.8, 4) is 0 Å². The van der Waals surface area contributed by atoms with Crippen LogP contribution in [0.3, 0.4) is 0 Å². The third-order valence-electron chi connectivity index (χ3n) is 4.85. The fourth-order valence-corrected chi connectivity index (χ4v) is 3.85. The number of imidazole rings is 1. The summed E-state index contributed by atoms with van der Waals surface area (Å²) < 4.78 is 22.2. The lowest BCUT2D eigenvalue weighted by molar-refractivity contribution is -0.122. The molecule has 3 heterocycles. The highest BCUT2D eigenvalue weighted by atomic mass is 35.5. The molecule has 2 aromatic heterocycles. The van der Waals surface area contributed by atoms with Crippen molar-refractivity contribution in [1.82, 2.24) is 19.5 Å². The number of aromatic nitrogens is 4. The molecule has 4 N–H and O–H groups in total. The van der Waals surface area contributed by atoms with Gasteiger partial charge in [-0.3, -0.25) is 9.13 Å². The average molecular weight is 466 g/mol. The van der Waals surface area contributed by atoms with Crippen molar-refractivity contribution < 1.29 is 34.0 Å². The van der Waals surface area contributed by atoms with Crippen molar-refractivity contribution in [3.05, 3.63) is 11.6 Å². The predicted molar refractivity (Wildman–Crippen MR) is 107 cm³/mol. The summed E-state index contributed by atoms with van der Waals surface area (Å²) >= 11 is 6.10. The Morgan fingerprint density at radius 2 is 1.93 bits per heavy atom. The Morgan fingerprint density at radius 1 is 1.23 bits per heavy atom. The highest BCUT2D eigenvalue weighted by Crippen LogP contribution is 2.34. The van der Waals surface area contributed by atoms with Crippen LogP contribution in [-0.2, 0) is 14.0 Å². The number of nitrogens with zero attached hydrogens (tertiary/aromatic N) is 5. The van der Waals surface area contributed by atoms with E-state index in [1.807, 2.05) is 0 Å². The van der Waals surface area contributed by atoms with Crippen LogP contribution in [0.25, 0.3) is 11.2 Å². The molecule has 30 heavy (non-hydrogen) atoms. The van der Waals surface area contributed by atoms with Crippen LogP contribution in [0.15, 0.2) is 6.33 Å². The molecule has 0 radical (unpaired) electrons. The monoisotopic (exact) mass is 465 g/mol. The molecule has 0 unspecified atom stereocenters. The molecule has 0 amide bonds. The first-order valence-electron chi connectivity index (χ1n) is 9.37. The van der Waals surface area contributed by atoms with Crippen molar-refractivity contribution in [3.63, 3.8) is 0 Å². The molecule has 0 bridgehead atoms. The van der Waals surface area contributed by atoms with Crippen LogP contribution in [0.1, 0.15) is 25.5 Å². The normalized spacial score (nSPS) is 18.5. The Balaban J connectivity index is 1.82. The van der Waals surface area contributed by atoms with Crippen LogP contribution < -0.4 is 4.90 Å². The molecule has 1 aliphatic rings. The van der Waals surface area contributed by atoms with Crippen molar-refractivity contribution in [2.24, 2.45) is 0 Å². The van der Waals surface area contributed by atoms with Crippen LogP contribution >= 0.6 is 19.2 Å². The summed E-state index contributed by atoms with van der Waals surface area (Å²) in [6.07, 6.45) is -0.422. The number of halogens is 1. The van der Waals surface area contributed by atoms with Gasteiger partial charge in [-0.25, -0.2) is 4.98 Å². The van der Waals surface area contributed by atoms with E-state index >= 15 is 0 Å². The lowest BCUT2D eigenvalue weighted by atomic mass is 10.1. The number of anilines is 1. The summed E-state index contributed by atoms with van der Waals surface area (Å²) in [6.45, 7) is 1.27. The van der Waals surface area contributed by atoms with Gasteiger partial charge in [0.2, 0.25) is 5.28 Å². The van der Waals surface area contributed by atoms with Gasteiger partial charge in [0.15, 0.2) is 23.2 Å². The van der Waals surface area contributed by atoms with Crippen molar-refractivity contribution in [1.29, 1.82) is 0 Å². The van der Waals surface area contributed by atoms with Crippen molar-refractivity contribution in [2.75, 3.05) is 38.1 Å². The van der Waals surface area contributed by atoms with E-state index in [1.165, 1.54) is 18.0 Å². The van der Waals surface area contributed by atoms with Gasteiger partial charge in [-0.05, 0) is 30.9 Å². The Morgan fingerprint density at radius 3 is 2.57 bits per heavy atom. The molecule has 3 atom stereocenters. The Bertz CT molecular complexity index is 903. The Hall–Kier alpha value is -1.37. The number of hydrogen-bond donors (Lipinski definition) is 4. The van der Waals surface area contributed by atoms with Crippen molar-refractivity contribution in [2.45, 2.75) is 37.7 Å². The van der Waals surface area contributed by atoms with Gasteiger partial charge in [-0.2, -0.15) is 9.97 Å². The van der Waals surface area contributed by atoms with Crippen LogP contribution in [0, 0.1) is 0 Å². The van der Waals surface area contributed by atoms with E-state index in [0.29, 0.717) is 11.3 Å². The van der Waals surface area contributed by atoms with E-state index in [1.54, 1.807) is 0 Å². The number of aliphatic hydroxyl groups is 2. The first-order chi connectivity index (χ1) is 14.2. The van der Waals surface area contributed by atoms with Crippen LogP contribution in [0.4, 0.5) is 5.82 Å². The minimum Gasteiger partial charge on any atom is -0.386 e. The molecule has 168 valence electrons. The Labute approximate surface area is 177 Å². The lowest BCUT2D eigenvalue weighted by Crippen LogP contribution is -2.39. The predicted octanol–water partition coefficient (Wildman–Crippen LogP) is 0.489. The zero-order chi connectivity index (χ0) is 21.9. The van der Waals surface area contributed by atoms with Gasteiger partial charge in [0.1, 0.15) is 18.6 Å². The molecule has 3 rings (SSSR count). The van der Waals surface area contributed by atoms with Gasteiger partial charge >= 0.3 is 7.60 Å². The van der Waals surface area contributed by atoms with Crippen LogP contribution in [0.5, 0.6) is 0 Å². The van der Waals surface area contributed by atoms with Gasteiger partial charge < -0.3 is 34.4 Å². The van der Waals surface area contributed by atoms with Gasteiger partial charge in [0, 0.05) is 20.2 Å². The average Bonchev–Trinajstić information content (AvgIpc) is 3.13. The van der Waals surface area contributed by atoms with Crippen LogP contribution in [0.2, 0.25) is 5.28 Å². The largest absolute Gasteiger partial charge is 0.386 e. The minimum absolute atomic E-state index is 0.0141. The fourth-order valence-electron chi connectivity index (χ4n) is 3.35. The van der Waals surface area contributed by atoms with E-state index in [0.717, 1.165) is 32.4 Å². The molecule has 12 nitrogen and oxygen atoms in total. The summed E-state index contributed by atoms with van der Waals surface area (Å²) in [5, 5.41) is 21.2. The molecule has 14 heteroatoms. The molecule has 1 aliphatic heterocycles. The summed E-state index contributed by atoms with van der Waals surface area (Å²) in [6, 6.07) is 0. The molecule has 0 aliphatic carbocycles. The third-order valence-corrected chi connectivity index (χ3v) is 5.53. The van der Waals surface area contributed by atoms with Gasteiger partial charge in [-0.15, -0.1) is 0 Å². The summed E-state index contributed by atoms with van der Waals surface area (Å²) in [7, 11) is -3.09. The van der Waals surface area contributed by atoms with E-state index < -0.39 is 32.4 Å². The lowest BCUT2D eigenvalue weighted by Gasteiger charge is -2.28. The second kappa shape index (κ2) is 9.84. The summed E-state index contributed by atoms with van der Waals surface area (Å²) in [5.41, 5.74) is 0.687. The first-order valence-corrected chi connectivity index (χ1v) is 11.5.